The van der Waals surface area contributed by atoms with Gasteiger partial charge in [-0.25, -0.2) is 13.4 Å². The van der Waals surface area contributed by atoms with E-state index in [1.54, 1.807) is 12.3 Å². The van der Waals surface area contributed by atoms with Gasteiger partial charge >= 0.3 is 7.12 Å². The Bertz CT molecular complexity index is 919. The molecule has 0 amide bonds. The lowest BCUT2D eigenvalue weighted by atomic mass is 9.80. The summed E-state index contributed by atoms with van der Waals surface area (Å²) in [5, 5.41) is 0. The predicted molar refractivity (Wildman–Crippen MR) is 102 cm³/mol. The van der Waals surface area contributed by atoms with Crippen molar-refractivity contribution >= 4 is 28.3 Å². The standard InChI is InChI=1S/C17H22BN3O5S/c1-16(2)17(3,4)26-18(25-16)12-10-14(15(24-5)20-11-12)21-27(22,23)13-6-8-19-9-7-13/h6-11,21H,1-5H3. The first kappa shape index (κ1) is 19.6. The highest BCUT2D eigenvalue weighted by Crippen LogP contribution is 2.36. The minimum atomic E-state index is -3.82. The minimum Gasteiger partial charge on any atom is -0.480 e. The molecule has 2 aromatic heterocycles. The molecule has 0 bridgehead atoms. The van der Waals surface area contributed by atoms with Gasteiger partial charge in [-0.3, -0.25) is 9.71 Å². The Hall–Kier alpha value is -2.17. The van der Waals surface area contributed by atoms with Crippen LogP contribution in [0.3, 0.4) is 0 Å². The Kier molecular flexibility index (Phi) is 4.92. The molecule has 1 fully saturated rings. The first-order valence-electron chi connectivity index (χ1n) is 8.38. The zero-order valence-electron chi connectivity index (χ0n) is 15.9. The van der Waals surface area contributed by atoms with Gasteiger partial charge in [-0.15, -0.1) is 0 Å². The Balaban J connectivity index is 1.94. The van der Waals surface area contributed by atoms with Crippen molar-refractivity contribution in [2.45, 2.75) is 43.8 Å². The molecule has 8 nitrogen and oxygen atoms in total. The molecule has 0 aliphatic carbocycles. The van der Waals surface area contributed by atoms with E-state index in [1.165, 1.54) is 31.6 Å². The first-order chi connectivity index (χ1) is 12.6. The number of pyridine rings is 2. The summed E-state index contributed by atoms with van der Waals surface area (Å²) < 4.78 is 45.0. The molecule has 1 N–H and O–H groups in total. The van der Waals surface area contributed by atoms with E-state index in [9.17, 15) is 8.42 Å². The second kappa shape index (κ2) is 6.77. The van der Waals surface area contributed by atoms with Crippen molar-refractivity contribution in [3.8, 4) is 5.88 Å². The molecule has 0 aromatic carbocycles. The number of ether oxygens (including phenoxy) is 1. The second-order valence-corrected chi connectivity index (χ2v) is 8.88. The highest BCUT2D eigenvalue weighted by molar-refractivity contribution is 7.92. The largest absolute Gasteiger partial charge is 0.496 e. The smallest absolute Gasteiger partial charge is 0.480 e. The third-order valence-corrected chi connectivity index (χ3v) is 6.18. The number of aromatic nitrogens is 2. The topological polar surface area (TPSA) is 99.6 Å². The van der Waals surface area contributed by atoms with E-state index < -0.39 is 28.3 Å². The molecule has 0 saturated carbocycles. The fourth-order valence-electron chi connectivity index (χ4n) is 2.53. The predicted octanol–water partition coefficient (Wildman–Crippen LogP) is 1.59. The molecular formula is C17H22BN3O5S. The van der Waals surface area contributed by atoms with E-state index in [1.807, 2.05) is 27.7 Å². The molecule has 10 heteroatoms. The number of rotatable bonds is 5. The van der Waals surface area contributed by atoms with Crippen LogP contribution in [0.1, 0.15) is 27.7 Å². The maximum Gasteiger partial charge on any atom is 0.496 e. The lowest BCUT2D eigenvalue weighted by Crippen LogP contribution is -2.41. The van der Waals surface area contributed by atoms with Crippen LogP contribution in [0.5, 0.6) is 5.88 Å². The number of hydrogen-bond donors (Lipinski definition) is 1. The van der Waals surface area contributed by atoms with Crippen LogP contribution < -0.4 is 14.9 Å². The quantitative estimate of drug-likeness (QED) is 0.773. The van der Waals surface area contributed by atoms with Gasteiger partial charge in [0.05, 0.1) is 23.2 Å². The van der Waals surface area contributed by atoms with Gasteiger partial charge in [-0.05, 0) is 45.9 Å². The fourth-order valence-corrected chi connectivity index (χ4v) is 3.57. The SMILES string of the molecule is COc1ncc(B2OC(C)(C)C(C)(C)O2)cc1NS(=O)(=O)c1ccncc1. The summed E-state index contributed by atoms with van der Waals surface area (Å²) in [4.78, 5) is 8.11. The van der Waals surface area contributed by atoms with E-state index in [0.29, 0.717) is 5.46 Å². The van der Waals surface area contributed by atoms with Gasteiger partial charge in [0.2, 0.25) is 5.88 Å². The van der Waals surface area contributed by atoms with Crippen LogP contribution in [0.2, 0.25) is 0 Å². The summed E-state index contributed by atoms with van der Waals surface area (Å²) in [5.74, 6) is 0.146. The van der Waals surface area contributed by atoms with Crippen molar-refractivity contribution in [3.05, 3.63) is 36.8 Å². The number of anilines is 1. The molecule has 27 heavy (non-hydrogen) atoms. The van der Waals surface area contributed by atoms with Crippen LogP contribution in [0, 0.1) is 0 Å². The van der Waals surface area contributed by atoms with Crippen molar-refractivity contribution in [2.24, 2.45) is 0 Å². The van der Waals surface area contributed by atoms with Gasteiger partial charge in [-0.2, -0.15) is 0 Å². The third-order valence-electron chi connectivity index (χ3n) is 4.80. The first-order valence-corrected chi connectivity index (χ1v) is 9.86. The Morgan fingerprint density at radius 3 is 2.26 bits per heavy atom. The Labute approximate surface area is 159 Å². The summed E-state index contributed by atoms with van der Waals surface area (Å²) in [6.07, 6.45) is 4.36. The third kappa shape index (κ3) is 3.78. The summed E-state index contributed by atoms with van der Waals surface area (Å²) in [7, 11) is -3.07. The van der Waals surface area contributed by atoms with E-state index in [2.05, 4.69) is 14.7 Å². The van der Waals surface area contributed by atoms with Crippen molar-refractivity contribution in [3.63, 3.8) is 0 Å². The van der Waals surface area contributed by atoms with Crippen LogP contribution in [0.15, 0.2) is 41.7 Å². The van der Waals surface area contributed by atoms with Gasteiger partial charge in [0, 0.05) is 24.1 Å². The van der Waals surface area contributed by atoms with Gasteiger partial charge in [0.15, 0.2) is 0 Å². The zero-order valence-corrected chi connectivity index (χ0v) is 16.7. The second-order valence-electron chi connectivity index (χ2n) is 7.20. The molecule has 0 atom stereocenters. The molecule has 0 radical (unpaired) electrons. The summed E-state index contributed by atoms with van der Waals surface area (Å²) >= 11 is 0. The van der Waals surface area contributed by atoms with E-state index in [4.69, 9.17) is 14.0 Å². The molecule has 1 aliphatic heterocycles. The average molecular weight is 391 g/mol. The maximum atomic E-state index is 12.6. The lowest BCUT2D eigenvalue weighted by Gasteiger charge is -2.32. The van der Waals surface area contributed by atoms with Gasteiger partial charge in [-0.1, -0.05) is 0 Å². The normalized spacial score (nSPS) is 18.3. The summed E-state index contributed by atoms with van der Waals surface area (Å²) in [6.45, 7) is 7.77. The zero-order chi connectivity index (χ0) is 19.9. The van der Waals surface area contributed by atoms with Crippen molar-refractivity contribution in [1.82, 2.24) is 9.97 Å². The van der Waals surface area contributed by atoms with Crippen molar-refractivity contribution < 1.29 is 22.5 Å². The van der Waals surface area contributed by atoms with E-state index in [-0.39, 0.29) is 16.5 Å². The number of nitrogens with one attached hydrogen (secondary N) is 1. The number of sulfonamides is 1. The molecule has 1 saturated heterocycles. The van der Waals surface area contributed by atoms with Crippen LogP contribution in [-0.2, 0) is 19.3 Å². The summed E-state index contributed by atoms with van der Waals surface area (Å²) in [5.41, 5.74) is -0.258. The molecule has 3 heterocycles. The van der Waals surface area contributed by atoms with Crippen LogP contribution in [0.25, 0.3) is 0 Å². The Morgan fingerprint density at radius 2 is 1.70 bits per heavy atom. The molecule has 0 spiro atoms. The van der Waals surface area contributed by atoms with Crippen LogP contribution >= 0.6 is 0 Å². The van der Waals surface area contributed by atoms with E-state index in [0.717, 1.165) is 0 Å². The number of hydrogen-bond acceptors (Lipinski definition) is 7. The Morgan fingerprint density at radius 1 is 1.11 bits per heavy atom. The van der Waals surface area contributed by atoms with Gasteiger partial charge < -0.3 is 14.0 Å². The lowest BCUT2D eigenvalue weighted by molar-refractivity contribution is 0.00578. The van der Waals surface area contributed by atoms with Crippen LogP contribution in [0.4, 0.5) is 5.69 Å². The minimum absolute atomic E-state index is 0.0839. The number of nitrogens with zero attached hydrogens (tertiary/aromatic N) is 2. The molecule has 1 aliphatic rings. The maximum absolute atomic E-state index is 12.6. The average Bonchev–Trinajstić information content (AvgIpc) is 2.83. The number of methoxy groups -OCH3 is 1. The highest BCUT2D eigenvalue weighted by Gasteiger charge is 2.52. The molecule has 144 valence electrons. The molecule has 3 rings (SSSR count). The van der Waals surface area contributed by atoms with E-state index >= 15 is 0 Å². The van der Waals surface area contributed by atoms with Crippen molar-refractivity contribution in [1.29, 1.82) is 0 Å². The molecule has 2 aromatic rings. The van der Waals surface area contributed by atoms with Crippen molar-refractivity contribution in [2.75, 3.05) is 11.8 Å². The van der Waals surface area contributed by atoms with Crippen LogP contribution in [-0.4, -0.2) is 43.8 Å². The molecular weight excluding hydrogens is 369 g/mol. The molecule has 0 unspecified atom stereocenters. The highest BCUT2D eigenvalue weighted by atomic mass is 32.2. The fraction of sp³-hybridized carbons (Fsp3) is 0.412. The van der Waals surface area contributed by atoms with Gasteiger partial charge in [0.1, 0.15) is 5.69 Å². The monoisotopic (exact) mass is 391 g/mol. The summed E-state index contributed by atoms with van der Waals surface area (Å²) in [6, 6.07) is 4.41. The van der Waals surface area contributed by atoms with Gasteiger partial charge in [0.25, 0.3) is 10.0 Å².